The number of phenolic OH excluding ortho intramolecular Hbond substituents is 1. The lowest BCUT2D eigenvalue weighted by molar-refractivity contribution is 0.0701. The van der Waals surface area contributed by atoms with Crippen molar-refractivity contribution in [1.29, 1.82) is 0 Å². The molecule has 230 valence electrons. The Morgan fingerprint density at radius 3 is 2.38 bits per heavy atom. The number of fused-ring (bicyclic) bond motifs is 2. The molecule has 2 aliphatic heterocycles. The first-order valence-corrected chi connectivity index (χ1v) is 16.2. The number of carbonyl (C=O) groups is 1. The first-order chi connectivity index (χ1) is 21.8. The molecule has 45 heavy (non-hydrogen) atoms. The van der Waals surface area contributed by atoms with Gasteiger partial charge >= 0.3 is 0 Å². The minimum Gasteiger partial charge on any atom is -0.508 e. The van der Waals surface area contributed by atoms with Crippen molar-refractivity contribution in [2.75, 3.05) is 32.1 Å². The molecule has 2 atom stereocenters. The Labute approximate surface area is 269 Å². The lowest BCUT2D eigenvalue weighted by Gasteiger charge is -2.36. The number of H-pyrrole nitrogens is 1. The monoisotopic (exact) mass is 618 g/mol. The highest BCUT2D eigenvalue weighted by molar-refractivity contribution is 6.30. The Kier molecular flexibility index (Phi) is 7.80. The fourth-order valence-corrected chi connectivity index (χ4v) is 7.42. The molecule has 1 amide bonds. The van der Waals surface area contributed by atoms with E-state index < -0.39 is 0 Å². The standard InChI is InChI=1S/C38H39ClN4O2/c1-24(37(33-22-29(39)12-15-36(33)44)35-21-27-6-4-5-7-34(27)40-35)43-23-28-9-8-26(20-32(28)38(43)45)25-10-13-31(14-11-25)42-18-16-30(17-19-42)41(2)3/h4-15,20-22,24,30,37,40,44H,16-19,23H2,1-3H3/t24-,37-/m1/s1. The molecule has 2 N–H and O–H groups in total. The number of aromatic nitrogens is 1. The molecule has 3 heterocycles. The number of hydrogen-bond donors (Lipinski definition) is 2. The molecule has 0 saturated carbocycles. The van der Waals surface area contributed by atoms with Gasteiger partial charge in [0.25, 0.3) is 5.91 Å². The van der Waals surface area contributed by atoms with Crippen molar-refractivity contribution in [3.05, 3.63) is 118 Å². The SMILES string of the molecule is C[C@H]([C@@H](c1cc2ccccc2[nH]1)c1cc(Cl)ccc1O)N1Cc2ccc(-c3ccc(N4CCC(N(C)C)CC4)cc3)cc2C1=O. The summed E-state index contributed by atoms with van der Waals surface area (Å²) in [6.45, 7) is 4.70. The van der Waals surface area contributed by atoms with Crippen molar-refractivity contribution in [2.24, 2.45) is 0 Å². The molecular weight excluding hydrogens is 580 g/mol. The minimum atomic E-state index is -0.316. The lowest BCUT2D eigenvalue weighted by atomic mass is 9.87. The zero-order chi connectivity index (χ0) is 31.2. The number of benzene rings is 4. The van der Waals surface area contributed by atoms with Gasteiger partial charge in [-0.15, -0.1) is 0 Å². The van der Waals surface area contributed by atoms with Crippen molar-refractivity contribution in [1.82, 2.24) is 14.8 Å². The molecule has 1 fully saturated rings. The second kappa shape index (κ2) is 11.9. The third kappa shape index (κ3) is 5.58. The number of nitrogens with one attached hydrogen (secondary N) is 1. The highest BCUT2D eigenvalue weighted by Crippen LogP contribution is 2.41. The number of aromatic hydroxyl groups is 1. The molecule has 1 aromatic heterocycles. The van der Waals surface area contributed by atoms with E-state index in [9.17, 15) is 9.90 Å². The van der Waals surface area contributed by atoms with Gasteiger partial charge in [0, 0.05) is 70.7 Å². The average molecular weight is 619 g/mol. The van der Waals surface area contributed by atoms with Crippen LogP contribution in [-0.4, -0.2) is 65.1 Å². The van der Waals surface area contributed by atoms with Crippen molar-refractivity contribution in [3.8, 4) is 16.9 Å². The number of aromatic amines is 1. The van der Waals surface area contributed by atoms with E-state index in [1.807, 2.05) is 35.2 Å². The van der Waals surface area contributed by atoms with Crippen molar-refractivity contribution in [3.63, 3.8) is 0 Å². The van der Waals surface area contributed by atoms with E-state index in [-0.39, 0.29) is 23.6 Å². The second-order valence-corrected chi connectivity index (χ2v) is 13.2. The Morgan fingerprint density at radius 2 is 1.64 bits per heavy atom. The molecule has 7 heteroatoms. The third-order valence-corrected chi connectivity index (χ3v) is 10.1. The smallest absolute Gasteiger partial charge is 0.254 e. The van der Waals surface area contributed by atoms with Gasteiger partial charge in [0.15, 0.2) is 0 Å². The van der Waals surface area contributed by atoms with E-state index in [0.29, 0.717) is 23.2 Å². The van der Waals surface area contributed by atoms with Crippen LogP contribution < -0.4 is 4.90 Å². The predicted octanol–water partition coefficient (Wildman–Crippen LogP) is 7.90. The van der Waals surface area contributed by atoms with Gasteiger partial charge in [0.2, 0.25) is 0 Å². The van der Waals surface area contributed by atoms with Crippen LogP contribution in [0.25, 0.3) is 22.0 Å². The minimum absolute atomic E-state index is 0.00219. The van der Waals surface area contributed by atoms with Crippen LogP contribution in [0.15, 0.2) is 91.0 Å². The summed E-state index contributed by atoms with van der Waals surface area (Å²) in [5.41, 5.74) is 7.77. The van der Waals surface area contributed by atoms with Gasteiger partial charge in [-0.2, -0.15) is 0 Å². The summed E-state index contributed by atoms with van der Waals surface area (Å²) in [5.74, 6) is -0.154. The number of amides is 1. The Balaban J connectivity index is 1.15. The van der Waals surface area contributed by atoms with Crippen LogP contribution in [0.2, 0.25) is 5.02 Å². The van der Waals surface area contributed by atoms with Crippen LogP contribution in [0, 0.1) is 0 Å². The van der Waals surface area contributed by atoms with Crippen LogP contribution >= 0.6 is 11.6 Å². The number of piperidine rings is 1. The van der Waals surface area contributed by atoms with Gasteiger partial charge in [-0.25, -0.2) is 0 Å². The van der Waals surface area contributed by atoms with Crippen LogP contribution in [0.5, 0.6) is 5.75 Å². The third-order valence-electron chi connectivity index (χ3n) is 9.89. The van der Waals surface area contributed by atoms with Gasteiger partial charge < -0.3 is 24.8 Å². The second-order valence-electron chi connectivity index (χ2n) is 12.8. The number of anilines is 1. The highest BCUT2D eigenvalue weighted by atomic mass is 35.5. The maximum Gasteiger partial charge on any atom is 0.254 e. The van der Waals surface area contributed by atoms with Gasteiger partial charge in [-0.1, -0.05) is 54.1 Å². The number of carbonyl (C=O) groups excluding carboxylic acids is 1. The first kappa shape index (κ1) is 29.5. The molecule has 0 aliphatic carbocycles. The van der Waals surface area contributed by atoms with E-state index in [1.54, 1.807) is 12.1 Å². The largest absolute Gasteiger partial charge is 0.508 e. The molecule has 2 aliphatic rings. The van der Waals surface area contributed by atoms with Crippen molar-refractivity contribution >= 4 is 34.1 Å². The van der Waals surface area contributed by atoms with E-state index in [0.717, 1.165) is 51.9 Å². The summed E-state index contributed by atoms with van der Waals surface area (Å²) < 4.78 is 0. The summed E-state index contributed by atoms with van der Waals surface area (Å²) in [4.78, 5) is 24.3. The first-order valence-electron chi connectivity index (χ1n) is 15.8. The summed E-state index contributed by atoms with van der Waals surface area (Å²) in [6.07, 6.45) is 2.35. The normalized spacial score (nSPS) is 16.9. The number of rotatable bonds is 7. The van der Waals surface area contributed by atoms with E-state index in [1.165, 1.54) is 18.5 Å². The fourth-order valence-electron chi connectivity index (χ4n) is 7.24. The Bertz CT molecular complexity index is 1820. The van der Waals surface area contributed by atoms with Gasteiger partial charge in [0.1, 0.15) is 5.75 Å². The van der Waals surface area contributed by atoms with Crippen LogP contribution in [0.1, 0.15) is 52.9 Å². The Hall–Kier alpha value is -4.26. The van der Waals surface area contributed by atoms with Crippen LogP contribution in [0.3, 0.4) is 0 Å². The van der Waals surface area contributed by atoms with Crippen molar-refractivity contribution in [2.45, 2.75) is 44.3 Å². The maximum absolute atomic E-state index is 14.1. The topological polar surface area (TPSA) is 62.8 Å². The Morgan fingerprint density at radius 1 is 0.911 bits per heavy atom. The molecule has 5 aromatic rings. The molecule has 0 bridgehead atoms. The molecule has 6 nitrogen and oxygen atoms in total. The average Bonchev–Trinajstić information content (AvgIpc) is 3.63. The molecular formula is C38H39ClN4O2. The highest BCUT2D eigenvalue weighted by Gasteiger charge is 2.37. The quantitative estimate of drug-likeness (QED) is 0.195. The molecule has 0 unspecified atom stereocenters. The molecule has 4 aromatic carbocycles. The number of hydrogen-bond acceptors (Lipinski definition) is 4. The number of phenols is 1. The number of para-hydroxylation sites is 1. The summed E-state index contributed by atoms with van der Waals surface area (Å²) >= 11 is 6.43. The van der Waals surface area contributed by atoms with E-state index in [2.05, 4.69) is 84.3 Å². The lowest BCUT2D eigenvalue weighted by Crippen LogP contribution is -2.41. The summed E-state index contributed by atoms with van der Waals surface area (Å²) in [7, 11) is 4.34. The number of nitrogens with zero attached hydrogens (tertiary/aromatic N) is 3. The van der Waals surface area contributed by atoms with E-state index in [4.69, 9.17) is 11.6 Å². The fraction of sp³-hybridized carbons (Fsp3) is 0.289. The van der Waals surface area contributed by atoms with E-state index >= 15 is 0 Å². The maximum atomic E-state index is 14.1. The van der Waals surface area contributed by atoms with Crippen molar-refractivity contribution < 1.29 is 9.90 Å². The summed E-state index contributed by atoms with van der Waals surface area (Å²) in [6, 6.07) is 30.7. The zero-order valence-electron chi connectivity index (χ0n) is 26.0. The van der Waals surface area contributed by atoms with Gasteiger partial charge in [0.05, 0.1) is 0 Å². The van der Waals surface area contributed by atoms with Gasteiger partial charge in [-0.3, -0.25) is 4.79 Å². The van der Waals surface area contributed by atoms with Crippen LogP contribution in [-0.2, 0) is 6.54 Å². The van der Waals surface area contributed by atoms with Crippen LogP contribution in [0.4, 0.5) is 5.69 Å². The zero-order valence-corrected chi connectivity index (χ0v) is 26.8. The molecule has 7 rings (SSSR count). The predicted molar refractivity (Wildman–Crippen MR) is 183 cm³/mol. The molecule has 1 saturated heterocycles. The summed E-state index contributed by atoms with van der Waals surface area (Å²) in [5, 5.41) is 12.6. The molecule has 0 spiro atoms. The van der Waals surface area contributed by atoms with Gasteiger partial charge in [-0.05, 0) is 104 Å². The molecule has 0 radical (unpaired) electrons. The number of halogens is 1.